The number of amides is 2. The highest BCUT2D eigenvalue weighted by Crippen LogP contribution is 2.24. The van der Waals surface area contributed by atoms with Gasteiger partial charge in [0.1, 0.15) is 0 Å². The van der Waals surface area contributed by atoms with Crippen LogP contribution in [0.5, 0.6) is 0 Å². The molecule has 1 aliphatic rings. The minimum Gasteiger partial charge on any atom is -0.395 e. The van der Waals surface area contributed by atoms with E-state index in [0.29, 0.717) is 32.5 Å². The molecule has 1 N–H and O–H groups in total. The summed E-state index contributed by atoms with van der Waals surface area (Å²) in [6, 6.07) is 13.7. The van der Waals surface area contributed by atoms with Gasteiger partial charge in [0.15, 0.2) is 0 Å². The second-order valence-corrected chi connectivity index (χ2v) is 6.58. The van der Waals surface area contributed by atoms with Crippen molar-refractivity contribution in [3.8, 4) is 0 Å². The molecule has 0 bridgehead atoms. The van der Waals surface area contributed by atoms with Gasteiger partial charge in [0.25, 0.3) is 5.91 Å². The number of nitrogens with zero attached hydrogens (tertiary/aromatic N) is 2. The van der Waals surface area contributed by atoms with Crippen LogP contribution in [0, 0.1) is 5.92 Å². The van der Waals surface area contributed by atoms with Crippen molar-refractivity contribution in [3.05, 3.63) is 48.0 Å². The van der Waals surface area contributed by atoms with E-state index in [0.717, 1.165) is 16.3 Å². The standard InChI is InChI=1S/C20H24N2O3/c1-21(13-14-23)19(24)16-9-11-22(12-10-16)20(25)18-8-4-6-15-5-2-3-7-17(15)18/h2-8,16,23H,9-14H2,1H3. The number of piperidine rings is 1. The van der Waals surface area contributed by atoms with Crippen molar-refractivity contribution in [1.82, 2.24) is 9.80 Å². The van der Waals surface area contributed by atoms with E-state index < -0.39 is 0 Å². The Labute approximate surface area is 147 Å². The number of likely N-dealkylation sites (tertiary alicyclic amines) is 1. The van der Waals surface area contributed by atoms with Crippen LogP contribution in [0.2, 0.25) is 0 Å². The molecule has 5 heteroatoms. The van der Waals surface area contributed by atoms with Crippen LogP contribution >= 0.6 is 0 Å². The number of rotatable bonds is 4. The van der Waals surface area contributed by atoms with Crippen LogP contribution in [0.1, 0.15) is 23.2 Å². The summed E-state index contributed by atoms with van der Waals surface area (Å²) in [6.07, 6.45) is 1.34. The van der Waals surface area contributed by atoms with Crippen molar-refractivity contribution in [2.24, 2.45) is 5.92 Å². The molecule has 25 heavy (non-hydrogen) atoms. The molecule has 5 nitrogen and oxygen atoms in total. The van der Waals surface area contributed by atoms with Crippen molar-refractivity contribution in [2.75, 3.05) is 33.3 Å². The lowest BCUT2D eigenvalue weighted by molar-refractivity contribution is -0.136. The highest BCUT2D eigenvalue weighted by molar-refractivity contribution is 6.07. The molecule has 1 heterocycles. The number of benzene rings is 2. The Morgan fingerprint density at radius 2 is 1.80 bits per heavy atom. The molecular weight excluding hydrogens is 316 g/mol. The molecule has 0 unspecified atom stereocenters. The molecule has 0 radical (unpaired) electrons. The zero-order chi connectivity index (χ0) is 17.8. The molecule has 1 saturated heterocycles. The fraction of sp³-hybridized carbons (Fsp3) is 0.400. The molecule has 2 aromatic rings. The quantitative estimate of drug-likeness (QED) is 0.928. The minimum absolute atomic E-state index is 0.0271. The van der Waals surface area contributed by atoms with Crippen molar-refractivity contribution in [3.63, 3.8) is 0 Å². The Hall–Kier alpha value is -2.40. The topological polar surface area (TPSA) is 60.9 Å². The summed E-state index contributed by atoms with van der Waals surface area (Å²) in [7, 11) is 1.71. The van der Waals surface area contributed by atoms with Crippen molar-refractivity contribution in [2.45, 2.75) is 12.8 Å². The molecule has 2 amide bonds. The van der Waals surface area contributed by atoms with Gasteiger partial charge in [-0.2, -0.15) is 0 Å². The second-order valence-electron chi connectivity index (χ2n) is 6.58. The second kappa shape index (κ2) is 7.66. The summed E-state index contributed by atoms with van der Waals surface area (Å²) in [6.45, 7) is 1.51. The van der Waals surface area contributed by atoms with Gasteiger partial charge in [0.05, 0.1) is 6.61 Å². The Morgan fingerprint density at radius 3 is 2.52 bits per heavy atom. The molecule has 0 aliphatic carbocycles. The third-order valence-electron chi connectivity index (χ3n) is 4.96. The van der Waals surface area contributed by atoms with Gasteiger partial charge in [-0.05, 0) is 29.7 Å². The van der Waals surface area contributed by atoms with E-state index in [4.69, 9.17) is 5.11 Å². The van der Waals surface area contributed by atoms with Crippen LogP contribution < -0.4 is 0 Å². The number of aliphatic hydroxyl groups excluding tert-OH is 1. The summed E-state index contributed by atoms with van der Waals surface area (Å²) in [4.78, 5) is 28.7. The number of hydrogen-bond donors (Lipinski definition) is 1. The lowest BCUT2D eigenvalue weighted by Crippen LogP contribution is -2.44. The normalized spacial score (nSPS) is 15.4. The van der Waals surface area contributed by atoms with Crippen LogP contribution in [0.25, 0.3) is 10.8 Å². The first-order valence-electron chi connectivity index (χ1n) is 8.74. The van der Waals surface area contributed by atoms with E-state index in [1.807, 2.05) is 47.4 Å². The van der Waals surface area contributed by atoms with Gasteiger partial charge in [-0.3, -0.25) is 9.59 Å². The number of carbonyl (C=O) groups is 2. The van der Waals surface area contributed by atoms with E-state index in [1.54, 1.807) is 11.9 Å². The van der Waals surface area contributed by atoms with E-state index in [2.05, 4.69) is 0 Å². The summed E-state index contributed by atoms with van der Waals surface area (Å²) in [5, 5.41) is 11.0. The van der Waals surface area contributed by atoms with E-state index in [9.17, 15) is 9.59 Å². The molecule has 1 fully saturated rings. The van der Waals surface area contributed by atoms with Gasteiger partial charge in [-0.25, -0.2) is 0 Å². The molecule has 3 rings (SSSR count). The molecule has 132 valence electrons. The summed E-state index contributed by atoms with van der Waals surface area (Å²) in [5.41, 5.74) is 0.722. The van der Waals surface area contributed by atoms with Gasteiger partial charge >= 0.3 is 0 Å². The first-order chi connectivity index (χ1) is 12.1. The van der Waals surface area contributed by atoms with Gasteiger partial charge in [-0.15, -0.1) is 0 Å². The highest BCUT2D eigenvalue weighted by Gasteiger charge is 2.29. The lowest BCUT2D eigenvalue weighted by Gasteiger charge is -2.33. The molecule has 0 aromatic heterocycles. The Morgan fingerprint density at radius 1 is 1.12 bits per heavy atom. The van der Waals surface area contributed by atoms with Crippen LogP contribution in [0.3, 0.4) is 0 Å². The molecule has 0 atom stereocenters. The minimum atomic E-state index is -0.0619. The van der Waals surface area contributed by atoms with Crippen LogP contribution in [0.15, 0.2) is 42.5 Å². The first kappa shape index (κ1) is 17.4. The zero-order valence-electron chi connectivity index (χ0n) is 14.5. The third kappa shape index (κ3) is 3.66. The Kier molecular flexibility index (Phi) is 5.34. The maximum Gasteiger partial charge on any atom is 0.254 e. The summed E-state index contributed by atoms with van der Waals surface area (Å²) >= 11 is 0. The maximum absolute atomic E-state index is 12.9. The maximum atomic E-state index is 12.9. The number of aliphatic hydroxyl groups is 1. The fourth-order valence-electron chi connectivity index (χ4n) is 3.48. The van der Waals surface area contributed by atoms with Crippen molar-refractivity contribution in [1.29, 1.82) is 0 Å². The number of fused-ring (bicyclic) bond motifs is 1. The van der Waals surface area contributed by atoms with Gasteiger partial charge in [-0.1, -0.05) is 36.4 Å². The monoisotopic (exact) mass is 340 g/mol. The average Bonchev–Trinajstić information content (AvgIpc) is 2.66. The Balaban J connectivity index is 1.68. The predicted molar refractivity (Wildman–Crippen MR) is 97.3 cm³/mol. The van der Waals surface area contributed by atoms with E-state index in [-0.39, 0.29) is 24.3 Å². The largest absolute Gasteiger partial charge is 0.395 e. The zero-order valence-corrected chi connectivity index (χ0v) is 14.5. The van der Waals surface area contributed by atoms with Crippen molar-refractivity contribution < 1.29 is 14.7 Å². The van der Waals surface area contributed by atoms with Crippen LogP contribution in [0.4, 0.5) is 0 Å². The summed E-state index contributed by atoms with van der Waals surface area (Å²) < 4.78 is 0. The van der Waals surface area contributed by atoms with E-state index in [1.165, 1.54) is 0 Å². The van der Waals surface area contributed by atoms with Crippen molar-refractivity contribution >= 4 is 22.6 Å². The Bertz CT molecular complexity index is 761. The molecule has 0 saturated carbocycles. The van der Waals surface area contributed by atoms with Crippen LogP contribution in [-0.2, 0) is 4.79 Å². The fourth-order valence-corrected chi connectivity index (χ4v) is 3.48. The number of hydrogen-bond acceptors (Lipinski definition) is 3. The van der Waals surface area contributed by atoms with Gasteiger partial charge in [0.2, 0.25) is 5.91 Å². The first-order valence-corrected chi connectivity index (χ1v) is 8.74. The number of likely N-dealkylation sites (N-methyl/N-ethyl adjacent to an activating group) is 1. The molecule has 1 aliphatic heterocycles. The number of carbonyl (C=O) groups excluding carboxylic acids is 2. The summed E-state index contributed by atoms with van der Waals surface area (Å²) in [5.74, 6) is 0.0332. The van der Waals surface area contributed by atoms with E-state index >= 15 is 0 Å². The van der Waals surface area contributed by atoms with Crippen LogP contribution in [-0.4, -0.2) is 60.0 Å². The van der Waals surface area contributed by atoms with Gasteiger partial charge < -0.3 is 14.9 Å². The molecule has 2 aromatic carbocycles. The smallest absolute Gasteiger partial charge is 0.254 e. The van der Waals surface area contributed by atoms with Gasteiger partial charge in [0, 0.05) is 38.2 Å². The SMILES string of the molecule is CN(CCO)C(=O)C1CCN(C(=O)c2cccc3ccccc23)CC1. The predicted octanol–water partition coefficient (Wildman–Crippen LogP) is 2.14. The lowest BCUT2D eigenvalue weighted by atomic mass is 9.94. The third-order valence-corrected chi connectivity index (χ3v) is 4.96. The molecule has 0 spiro atoms. The highest BCUT2D eigenvalue weighted by atomic mass is 16.3. The molecular formula is C20H24N2O3. The average molecular weight is 340 g/mol.